The molecular formula is C15H19ClN2O6S. The molecule has 8 nitrogen and oxygen atoms in total. The predicted octanol–water partition coefficient (Wildman–Crippen LogP) is 0.711. The van der Waals surface area contributed by atoms with Crippen LogP contribution in [0.4, 0.5) is 0 Å². The lowest BCUT2D eigenvalue weighted by Crippen LogP contribution is -2.53. The SMILES string of the molecule is CN(CC(=O)NC1(CC(=O)O)CCOC1)S(=O)(=O)c1ccc(Cl)cc1. The Kier molecular flexibility index (Phi) is 6.04. The summed E-state index contributed by atoms with van der Waals surface area (Å²) in [6.07, 6.45) is 0.0745. The molecule has 0 bridgehead atoms. The molecule has 0 spiro atoms. The van der Waals surface area contributed by atoms with Gasteiger partial charge in [-0.2, -0.15) is 4.31 Å². The molecule has 0 aliphatic carbocycles. The number of carboxylic acids is 1. The Morgan fingerprint density at radius 2 is 2.00 bits per heavy atom. The minimum atomic E-state index is -3.86. The lowest BCUT2D eigenvalue weighted by Gasteiger charge is -2.28. The summed E-state index contributed by atoms with van der Waals surface area (Å²) in [4.78, 5) is 23.3. The molecule has 0 saturated carbocycles. The van der Waals surface area contributed by atoms with Gasteiger partial charge in [-0.25, -0.2) is 8.42 Å². The van der Waals surface area contributed by atoms with E-state index < -0.39 is 34.0 Å². The average molecular weight is 391 g/mol. The third-order valence-corrected chi connectivity index (χ3v) is 5.96. The van der Waals surface area contributed by atoms with E-state index in [9.17, 15) is 18.0 Å². The van der Waals surface area contributed by atoms with Crippen LogP contribution in [-0.2, 0) is 24.3 Å². The average Bonchev–Trinajstić information content (AvgIpc) is 2.94. The van der Waals surface area contributed by atoms with Crippen molar-refractivity contribution in [3.05, 3.63) is 29.3 Å². The first-order chi connectivity index (χ1) is 11.6. The van der Waals surface area contributed by atoms with Crippen LogP contribution in [0.15, 0.2) is 29.2 Å². The van der Waals surface area contributed by atoms with Crippen LogP contribution in [0.25, 0.3) is 0 Å². The van der Waals surface area contributed by atoms with Crippen LogP contribution >= 0.6 is 11.6 Å². The topological polar surface area (TPSA) is 113 Å². The predicted molar refractivity (Wildman–Crippen MR) is 89.8 cm³/mol. The number of hydrogen-bond acceptors (Lipinski definition) is 5. The van der Waals surface area contributed by atoms with Gasteiger partial charge in [0, 0.05) is 18.7 Å². The van der Waals surface area contributed by atoms with Gasteiger partial charge in [-0.1, -0.05) is 11.6 Å². The standard InChI is InChI=1S/C15H19ClN2O6S/c1-18(25(22,23)12-4-2-11(16)3-5-12)9-13(19)17-15(8-14(20)21)6-7-24-10-15/h2-5H,6-10H2,1H3,(H,17,19)(H,20,21). The molecule has 138 valence electrons. The van der Waals surface area contributed by atoms with Gasteiger partial charge in [0.05, 0.1) is 30.0 Å². The summed E-state index contributed by atoms with van der Waals surface area (Å²) in [5.41, 5.74) is -1.01. The molecule has 1 fully saturated rings. The van der Waals surface area contributed by atoms with E-state index in [0.29, 0.717) is 18.1 Å². The minimum absolute atomic E-state index is 0.0108. The van der Waals surface area contributed by atoms with Gasteiger partial charge in [-0.05, 0) is 30.7 Å². The smallest absolute Gasteiger partial charge is 0.305 e. The van der Waals surface area contributed by atoms with Crippen molar-refractivity contribution in [1.29, 1.82) is 0 Å². The molecule has 1 aromatic rings. The van der Waals surface area contributed by atoms with E-state index in [2.05, 4.69) is 5.32 Å². The van der Waals surface area contributed by atoms with E-state index in [-0.39, 0.29) is 17.9 Å². The van der Waals surface area contributed by atoms with Gasteiger partial charge in [-0.15, -0.1) is 0 Å². The monoisotopic (exact) mass is 390 g/mol. The van der Waals surface area contributed by atoms with Gasteiger partial charge < -0.3 is 15.2 Å². The molecule has 1 atom stereocenters. The Labute approximate surface area is 150 Å². The lowest BCUT2D eigenvalue weighted by atomic mass is 9.94. The van der Waals surface area contributed by atoms with Crippen molar-refractivity contribution < 1.29 is 27.9 Å². The maximum absolute atomic E-state index is 12.5. The van der Waals surface area contributed by atoms with E-state index in [0.717, 1.165) is 4.31 Å². The highest BCUT2D eigenvalue weighted by Crippen LogP contribution is 2.23. The molecular weight excluding hydrogens is 372 g/mol. The quantitative estimate of drug-likeness (QED) is 0.709. The second-order valence-corrected chi connectivity index (χ2v) is 8.40. The van der Waals surface area contributed by atoms with Crippen LogP contribution in [0.2, 0.25) is 5.02 Å². The number of carboxylic acid groups (broad SMARTS) is 1. The number of hydrogen-bond donors (Lipinski definition) is 2. The fourth-order valence-corrected chi connectivity index (χ4v) is 3.84. The number of carbonyl (C=O) groups excluding carboxylic acids is 1. The van der Waals surface area contributed by atoms with Crippen LogP contribution in [0, 0.1) is 0 Å². The molecule has 0 radical (unpaired) electrons. The first kappa shape index (κ1) is 19.6. The van der Waals surface area contributed by atoms with Crippen LogP contribution in [0.3, 0.4) is 0 Å². The van der Waals surface area contributed by atoms with E-state index >= 15 is 0 Å². The van der Waals surface area contributed by atoms with Crippen molar-refractivity contribution in [3.63, 3.8) is 0 Å². The summed E-state index contributed by atoms with van der Waals surface area (Å²) in [5.74, 6) is -1.65. The van der Waals surface area contributed by atoms with E-state index in [4.69, 9.17) is 21.4 Å². The number of halogens is 1. The summed E-state index contributed by atoms with van der Waals surface area (Å²) in [6.45, 7) is -0.0164. The normalized spacial score (nSPS) is 20.6. The van der Waals surface area contributed by atoms with Crippen molar-refractivity contribution >= 4 is 33.5 Å². The number of aliphatic carboxylic acids is 1. The van der Waals surface area contributed by atoms with Crippen LogP contribution < -0.4 is 5.32 Å². The third kappa shape index (κ3) is 4.91. The van der Waals surface area contributed by atoms with Crippen molar-refractivity contribution in [3.8, 4) is 0 Å². The highest BCUT2D eigenvalue weighted by atomic mass is 35.5. The number of amides is 1. The van der Waals surface area contributed by atoms with Crippen LogP contribution in [0.1, 0.15) is 12.8 Å². The van der Waals surface area contributed by atoms with Crippen molar-refractivity contribution in [1.82, 2.24) is 9.62 Å². The molecule has 1 aromatic carbocycles. The van der Waals surface area contributed by atoms with Gasteiger partial charge in [0.25, 0.3) is 0 Å². The summed E-state index contributed by atoms with van der Waals surface area (Å²) in [6, 6.07) is 5.59. The second-order valence-electron chi connectivity index (χ2n) is 5.92. The zero-order valence-electron chi connectivity index (χ0n) is 13.6. The molecule has 1 unspecified atom stereocenters. The second kappa shape index (κ2) is 7.69. The number of nitrogens with one attached hydrogen (secondary N) is 1. The third-order valence-electron chi connectivity index (χ3n) is 3.89. The Bertz CT molecular complexity index is 744. The fraction of sp³-hybridized carbons (Fsp3) is 0.467. The van der Waals surface area contributed by atoms with E-state index in [1.165, 1.54) is 31.3 Å². The Balaban J connectivity index is 2.06. The number of sulfonamides is 1. The Morgan fingerprint density at radius 1 is 1.36 bits per heavy atom. The molecule has 1 saturated heterocycles. The number of ether oxygens (including phenoxy) is 1. The van der Waals surface area contributed by atoms with Gasteiger partial charge in [0.2, 0.25) is 15.9 Å². The zero-order chi connectivity index (χ0) is 18.7. The molecule has 2 N–H and O–H groups in total. The number of carbonyl (C=O) groups is 2. The largest absolute Gasteiger partial charge is 0.481 e. The van der Waals surface area contributed by atoms with Crippen LogP contribution in [-0.4, -0.2) is 62.1 Å². The van der Waals surface area contributed by atoms with Crippen molar-refractivity contribution in [2.45, 2.75) is 23.3 Å². The molecule has 0 aromatic heterocycles. The number of likely N-dealkylation sites (N-methyl/N-ethyl adjacent to an activating group) is 1. The fourth-order valence-electron chi connectivity index (χ4n) is 2.59. The summed E-state index contributed by atoms with van der Waals surface area (Å²) in [5, 5.41) is 12.0. The molecule has 1 aliphatic rings. The molecule has 1 aliphatic heterocycles. The Morgan fingerprint density at radius 3 is 2.52 bits per heavy atom. The lowest BCUT2D eigenvalue weighted by molar-refractivity contribution is -0.139. The maximum atomic E-state index is 12.5. The van der Waals surface area contributed by atoms with E-state index in [1.807, 2.05) is 0 Å². The number of benzene rings is 1. The summed E-state index contributed by atoms with van der Waals surface area (Å²) >= 11 is 5.75. The van der Waals surface area contributed by atoms with Gasteiger partial charge in [0.15, 0.2) is 0 Å². The number of nitrogens with zero attached hydrogens (tertiary/aromatic N) is 1. The van der Waals surface area contributed by atoms with E-state index in [1.54, 1.807) is 0 Å². The summed E-state index contributed by atoms with van der Waals surface area (Å²) in [7, 11) is -2.58. The summed E-state index contributed by atoms with van der Waals surface area (Å²) < 4.78 is 31.0. The highest BCUT2D eigenvalue weighted by molar-refractivity contribution is 7.89. The maximum Gasteiger partial charge on any atom is 0.305 e. The van der Waals surface area contributed by atoms with Gasteiger partial charge >= 0.3 is 5.97 Å². The first-order valence-electron chi connectivity index (χ1n) is 7.47. The zero-order valence-corrected chi connectivity index (χ0v) is 15.1. The molecule has 1 heterocycles. The van der Waals surface area contributed by atoms with Crippen molar-refractivity contribution in [2.75, 3.05) is 26.8 Å². The molecule has 2 rings (SSSR count). The molecule has 10 heteroatoms. The highest BCUT2D eigenvalue weighted by Gasteiger charge is 2.39. The molecule has 1 amide bonds. The number of rotatable bonds is 7. The van der Waals surface area contributed by atoms with Crippen molar-refractivity contribution in [2.24, 2.45) is 0 Å². The van der Waals surface area contributed by atoms with Crippen LogP contribution in [0.5, 0.6) is 0 Å². The molecule has 25 heavy (non-hydrogen) atoms. The van der Waals surface area contributed by atoms with Gasteiger partial charge in [0.1, 0.15) is 0 Å². The minimum Gasteiger partial charge on any atom is -0.481 e. The van der Waals surface area contributed by atoms with Gasteiger partial charge in [-0.3, -0.25) is 9.59 Å². The Hall–Kier alpha value is -1.68. The first-order valence-corrected chi connectivity index (χ1v) is 9.29.